The number of benzene rings is 1. The Bertz CT molecular complexity index is 453. The van der Waals surface area contributed by atoms with Gasteiger partial charge in [-0.1, -0.05) is 53.8 Å². The number of nitrogens with zero attached hydrogens (tertiary/aromatic N) is 1. The minimum Gasteiger partial charge on any atom is -0.355 e. The highest BCUT2D eigenvalue weighted by atomic mass is 32.2. The van der Waals surface area contributed by atoms with Gasteiger partial charge in [0.05, 0.1) is 5.75 Å². The number of Topliss-reactive ketones (excluding diaryl/α,β-unsaturated/α-hetero) is 1. The summed E-state index contributed by atoms with van der Waals surface area (Å²) in [6, 6.07) is 7.69. The highest BCUT2D eigenvalue weighted by molar-refractivity contribution is 8.23. The lowest BCUT2D eigenvalue weighted by atomic mass is 10.1. The van der Waals surface area contributed by atoms with Gasteiger partial charge in [-0.3, -0.25) is 4.79 Å². The van der Waals surface area contributed by atoms with Gasteiger partial charge in [0.15, 0.2) is 5.78 Å². The summed E-state index contributed by atoms with van der Waals surface area (Å²) in [6.07, 6.45) is 0. The Kier molecular flexibility index (Phi) is 5.36. The van der Waals surface area contributed by atoms with Crippen molar-refractivity contribution in [2.45, 2.75) is 6.92 Å². The van der Waals surface area contributed by atoms with Crippen molar-refractivity contribution in [3.05, 3.63) is 35.4 Å². The average Bonchev–Trinajstić information content (AvgIpc) is 2.46. The molecule has 5 heteroatoms. The third-order valence-corrected chi connectivity index (χ3v) is 4.60. The molecule has 1 fully saturated rings. The third-order valence-electron chi connectivity index (χ3n) is 3.08. The Labute approximate surface area is 123 Å². The topological polar surface area (TPSA) is 32.3 Å². The lowest BCUT2D eigenvalue weighted by Crippen LogP contribution is -2.45. The number of rotatable bonds is 3. The van der Waals surface area contributed by atoms with Crippen molar-refractivity contribution in [1.82, 2.24) is 10.2 Å². The van der Waals surface area contributed by atoms with Crippen LogP contribution in [0.4, 0.5) is 0 Å². The summed E-state index contributed by atoms with van der Waals surface area (Å²) in [5.74, 6) is 0.564. The average molecular weight is 294 g/mol. The molecule has 0 unspecified atom stereocenters. The summed E-state index contributed by atoms with van der Waals surface area (Å²) >= 11 is 6.84. The van der Waals surface area contributed by atoms with E-state index in [1.165, 1.54) is 17.3 Å². The van der Waals surface area contributed by atoms with Crippen molar-refractivity contribution in [2.24, 2.45) is 0 Å². The molecule has 2 rings (SSSR count). The van der Waals surface area contributed by atoms with Crippen LogP contribution in [-0.2, 0) is 0 Å². The number of thiocarbonyl (C=S) groups is 1. The van der Waals surface area contributed by atoms with Gasteiger partial charge in [0, 0.05) is 31.7 Å². The second-order valence-corrected chi connectivity index (χ2v) is 6.19. The fraction of sp³-hybridized carbons (Fsp3) is 0.429. The molecule has 1 saturated heterocycles. The molecular formula is C14H18N2OS2. The fourth-order valence-electron chi connectivity index (χ4n) is 1.89. The maximum absolute atomic E-state index is 12.0. The molecular weight excluding hydrogens is 276 g/mol. The standard InChI is InChI=1S/C14H18N2OS2/c1-11-2-4-12(5-3-11)13(17)10-19-14(18)16-8-6-15-7-9-16/h2-5,15H,6-10H2,1H3. The summed E-state index contributed by atoms with van der Waals surface area (Å²) in [5, 5.41) is 3.29. The molecule has 1 aromatic carbocycles. The highest BCUT2D eigenvalue weighted by Gasteiger charge is 2.15. The Morgan fingerprint density at radius 3 is 2.58 bits per heavy atom. The third kappa shape index (κ3) is 4.30. The summed E-state index contributed by atoms with van der Waals surface area (Å²) in [5.41, 5.74) is 1.93. The zero-order valence-electron chi connectivity index (χ0n) is 11.0. The van der Waals surface area contributed by atoms with Gasteiger partial charge in [-0.15, -0.1) is 0 Å². The van der Waals surface area contributed by atoms with Gasteiger partial charge in [0.25, 0.3) is 0 Å². The second kappa shape index (κ2) is 7.03. The smallest absolute Gasteiger partial charge is 0.173 e. The first-order valence-corrected chi connectivity index (χ1v) is 7.78. The monoisotopic (exact) mass is 294 g/mol. The Balaban J connectivity index is 1.82. The van der Waals surface area contributed by atoms with Crippen molar-refractivity contribution >= 4 is 34.1 Å². The quantitative estimate of drug-likeness (QED) is 0.682. The van der Waals surface area contributed by atoms with Crippen molar-refractivity contribution in [3.8, 4) is 0 Å². The first-order chi connectivity index (χ1) is 9.16. The van der Waals surface area contributed by atoms with Crippen molar-refractivity contribution in [1.29, 1.82) is 0 Å². The molecule has 0 radical (unpaired) electrons. The molecule has 0 aromatic heterocycles. The number of carbonyl (C=O) groups excluding carboxylic acids is 1. The minimum absolute atomic E-state index is 0.141. The van der Waals surface area contributed by atoms with E-state index < -0.39 is 0 Å². The molecule has 1 N–H and O–H groups in total. The van der Waals surface area contributed by atoms with Crippen LogP contribution in [0.2, 0.25) is 0 Å². The molecule has 1 aromatic rings. The van der Waals surface area contributed by atoms with Crippen LogP contribution < -0.4 is 5.32 Å². The summed E-state index contributed by atoms with van der Waals surface area (Å²) in [6.45, 7) is 5.82. The molecule has 0 bridgehead atoms. The molecule has 0 atom stereocenters. The SMILES string of the molecule is Cc1ccc(C(=O)CSC(=S)N2CCNCC2)cc1. The molecule has 0 saturated carbocycles. The van der Waals surface area contributed by atoms with Gasteiger partial charge in [0.2, 0.25) is 0 Å². The van der Waals surface area contributed by atoms with Gasteiger partial charge in [-0.25, -0.2) is 0 Å². The zero-order chi connectivity index (χ0) is 13.7. The van der Waals surface area contributed by atoms with Crippen LogP contribution >= 0.6 is 24.0 Å². The van der Waals surface area contributed by atoms with E-state index in [9.17, 15) is 4.79 Å². The van der Waals surface area contributed by atoms with Crippen LogP contribution in [0, 0.1) is 6.92 Å². The number of ketones is 1. The van der Waals surface area contributed by atoms with E-state index in [0.29, 0.717) is 5.75 Å². The molecule has 1 aliphatic rings. The lowest BCUT2D eigenvalue weighted by molar-refractivity contribution is 0.102. The van der Waals surface area contributed by atoms with Crippen LogP contribution in [-0.4, -0.2) is 46.9 Å². The van der Waals surface area contributed by atoms with Gasteiger partial charge in [0.1, 0.15) is 4.32 Å². The molecule has 0 aliphatic carbocycles. The maximum Gasteiger partial charge on any atom is 0.173 e. The van der Waals surface area contributed by atoms with E-state index in [1.807, 2.05) is 31.2 Å². The molecule has 0 amide bonds. The number of carbonyl (C=O) groups is 1. The van der Waals surface area contributed by atoms with Gasteiger partial charge in [-0.05, 0) is 6.92 Å². The molecule has 19 heavy (non-hydrogen) atoms. The van der Waals surface area contributed by atoms with E-state index in [4.69, 9.17) is 12.2 Å². The molecule has 3 nitrogen and oxygen atoms in total. The summed E-state index contributed by atoms with van der Waals surface area (Å²) < 4.78 is 0.835. The Morgan fingerprint density at radius 1 is 1.32 bits per heavy atom. The van der Waals surface area contributed by atoms with Crippen LogP contribution in [0.15, 0.2) is 24.3 Å². The van der Waals surface area contributed by atoms with Gasteiger partial charge >= 0.3 is 0 Å². The molecule has 1 heterocycles. The normalized spacial score (nSPS) is 15.3. The predicted octanol–water partition coefficient (Wildman–Crippen LogP) is 2.10. The Morgan fingerprint density at radius 2 is 1.95 bits per heavy atom. The maximum atomic E-state index is 12.0. The zero-order valence-corrected chi connectivity index (χ0v) is 12.6. The van der Waals surface area contributed by atoms with E-state index >= 15 is 0 Å². The number of aryl methyl sites for hydroxylation is 1. The van der Waals surface area contributed by atoms with Crippen LogP contribution in [0.25, 0.3) is 0 Å². The molecule has 102 valence electrons. The Hall–Kier alpha value is -0.910. The first kappa shape index (κ1) is 14.5. The highest BCUT2D eigenvalue weighted by Crippen LogP contribution is 2.13. The van der Waals surface area contributed by atoms with Crippen LogP contribution in [0.5, 0.6) is 0 Å². The number of piperazine rings is 1. The molecule has 0 spiro atoms. The second-order valence-electron chi connectivity index (χ2n) is 4.58. The fourth-order valence-corrected chi connectivity index (χ4v) is 3.03. The van der Waals surface area contributed by atoms with Crippen LogP contribution in [0.1, 0.15) is 15.9 Å². The van der Waals surface area contributed by atoms with Crippen molar-refractivity contribution in [3.63, 3.8) is 0 Å². The molecule has 1 aliphatic heterocycles. The summed E-state index contributed by atoms with van der Waals surface area (Å²) in [7, 11) is 0. The van der Waals surface area contributed by atoms with Crippen molar-refractivity contribution < 1.29 is 4.79 Å². The van der Waals surface area contributed by atoms with E-state index in [0.717, 1.165) is 36.1 Å². The first-order valence-electron chi connectivity index (χ1n) is 6.39. The minimum atomic E-state index is 0.141. The summed E-state index contributed by atoms with van der Waals surface area (Å²) in [4.78, 5) is 14.2. The largest absolute Gasteiger partial charge is 0.355 e. The van der Waals surface area contributed by atoms with Gasteiger partial charge < -0.3 is 10.2 Å². The van der Waals surface area contributed by atoms with Gasteiger partial charge in [-0.2, -0.15) is 0 Å². The number of thioether (sulfide) groups is 1. The van der Waals surface area contributed by atoms with Crippen molar-refractivity contribution in [2.75, 3.05) is 31.9 Å². The van der Waals surface area contributed by atoms with E-state index in [1.54, 1.807) is 0 Å². The van der Waals surface area contributed by atoms with E-state index in [-0.39, 0.29) is 5.78 Å². The lowest BCUT2D eigenvalue weighted by Gasteiger charge is -2.29. The number of hydrogen-bond donors (Lipinski definition) is 1. The predicted molar refractivity (Wildman–Crippen MR) is 85.0 cm³/mol. The number of nitrogens with one attached hydrogen (secondary N) is 1. The number of hydrogen-bond acceptors (Lipinski definition) is 4. The van der Waals surface area contributed by atoms with E-state index in [2.05, 4.69) is 10.2 Å². The van der Waals surface area contributed by atoms with Crippen LogP contribution in [0.3, 0.4) is 0 Å².